The molecule has 0 atom stereocenters. The van der Waals surface area contributed by atoms with Crippen LogP contribution in [0.3, 0.4) is 0 Å². The summed E-state index contributed by atoms with van der Waals surface area (Å²) in [6.07, 6.45) is 7.94. The Morgan fingerprint density at radius 2 is 1.90 bits per heavy atom. The Morgan fingerprint density at radius 1 is 1.20 bits per heavy atom. The maximum Gasteiger partial charge on any atom is 0.254 e. The molecule has 0 saturated heterocycles. The molecule has 0 aliphatic heterocycles. The number of rotatable bonds is 5. The smallest absolute Gasteiger partial charge is 0.254 e. The molecule has 1 aromatic rings. The molecule has 1 heterocycles. The van der Waals surface area contributed by atoms with E-state index in [1.54, 1.807) is 6.07 Å². The van der Waals surface area contributed by atoms with Crippen LogP contribution in [-0.2, 0) is 0 Å². The minimum Gasteiger partial charge on any atom is -0.466 e. The van der Waals surface area contributed by atoms with Crippen molar-refractivity contribution >= 4 is 5.91 Å². The highest BCUT2D eigenvalue weighted by atomic mass is 16.3. The van der Waals surface area contributed by atoms with E-state index in [2.05, 4.69) is 10.6 Å². The van der Waals surface area contributed by atoms with Crippen molar-refractivity contribution < 1.29 is 9.21 Å². The van der Waals surface area contributed by atoms with E-state index in [1.807, 2.05) is 13.8 Å². The first-order valence-corrected chi connectivity index (χ1v) is 7.75. The van der Waals surface area contributed by atoms with Crippen molar-refractivity contribution in [2.24, 2.45) is 0 Å². The number of furan rings is 1. The van der Waals surface area contributed by atoms with E-state index in [9.17, 15) is 4.79 Å². The predicted octanol–water partition coefficient (Wildman–Crippen LogP) is 2.94. The molecule has 0 spiro atoms. The van der Waals surface area contributed by atoms with Crippen LogP contribution in [0.1, 0.15) is 60.4 Å². The average molecular weight is 278 g/mol. The van der Waals surface area contributed by atoms with Crippen molar-refractivity contribution in [1.82, 2.24) is 10.6 Å². The number of hydrogen-bond donors (Lipinski definition) is 2. The van der Waals surface area contributed by atoms with Gasteiger partial charge in [0.2, 0.25) is 0 Å². The second kappa shape index (κ2) is 7.48. The molecule has 1 aliphatic carbocycles. The largest absolute Gasteiger partial charge is 0.466 e. The molecule has 0 aromatic carbocycles. The van der Waals surface area contributed by atoms with Crippen LogP contribution in [0.4, 0.5) is 0 Å². The highest BCUT2D eigenvalue weighted by molar-refractivity contribution is 5.95. The van der Waals surface area contributed by atoms with Gasteiger partial charge in [-0.25, -0.2) is 0 Å². The molecule has 20 heavy (non-hydrogen) atoms. The fourth-order valence-electron chi connectivity index (χ4n) is 2.89. The molecule has 0 radical (unpaired) electrons. The summed E-state index contributed by atoms with van der Waals surface area (Å²) in [6.45, 7) is 5.19. The molecule has 1 saturated carbocycles. The molecule has 1 aliphatic rings. The lowest BCUT2D eigenvalue weighted by Crippen LogP contribution is -2.36. The fourth-order valence-corrected chi connectivity index (χ4v) is 2.89. The predicted molar refractivity (Wildman–Crippen MR) is 80.0 cm³/mol. The van der Waals surface area contributed by atoms with Crippen molar-refractivity contribution in [3.05, 3.63) is 23.2 Å². The van der Waals surface area contributed by atoms with E-state index < -0.39 is 0 Å². The fraction of sp³-hybridized carbons (Fsp3) is 0.688. The number of carbonyl (C=O) groups excluding carboxylic acids is 1. The highest BCUT2D eigenvalue weighted by Gasteiger charge is 2.14. The van der Waals surface area contributed by atoms with Gasteiger partial charge in [-0.1, -0.05) is 25.7 Å². The van der Waals surface area contributed by atoms with E-state index in [4.69, 9.17) is 4.42 Å². The standard InChI is InChI=1S/C16H26N2O2/c1-12-11-15(13(2)20-12)16(19)18-10-9-17-14-7-5-3-4-6-8-14/h11,14,17H,3-10H2,1-2H3,(H,18,19). The van der Waals surface area contributed by atoms with Crippen molar-refractivity contribution in [3.63, 3.8) is 0 Å². The lowest BCUT2D eigenvalue weighted by Gasteiger charge is -2.16. The third-order valence-electron chi connectivity index (χ3n) is 3.98. The molecule has 1 amide bonds. The number of nitrogens with one attached hydrogen (secondary N) is 2. The first kappa shape index (κ1) is 15.1. The van der Waals surface area contributed by atoms with E-state index in [-0.39, 0.29) is 5.91 Å². The second-order valence-electron chi connectivity index (χ2n) is 5.73. The molecule has 1 fully saturated rings. The van der Waals surface area contributed by atoms with Gasteiger partial charge in [-0.3, -0.25) is 4.79 Å². The van der Waals surface area contributed by atoms with E-state index in [1.165, 1.54) is 38.5 Å². The number of aryl methyl sites for hydroxylation is 2. The number of amides is 1. The van der Waals surface area contributed by atoms with Gasteiger partial charge in [0.05, 0.1) is 5.56 Å². The van der Waals surface area contributed by atoms with Crippen LogP contribution in [0.2, 0.25) is 0 Å². The summed E-state index contributed by atoms with van der Waals surface area (Å²) >= 11 is 0. The summed E-state index contributed by atoms with van der Waals surface area (Å²) < 4.78 is 5.37. The van der Waals surface area contributed by atoms with Gasteiger partial charge in [0.1, 0.15) is 11.5 Å². The first-order chi connectivity index (χ1) is 9.66. The molecule has 0 bridgehead atoms. The van der Waals surface area contributed by atoms with Crippen LogP contribution >= 0.6 is 0 Å². The first-order valence-electron chi connectivity index (χ1n) is 7.75. The quantitative estimate of drug-likeness (QED) is 0.643. The van der Waals surface area contributed by atoms with E-state index in [0.717, 1.165) is 12.3 Å². The Kier molecular flexibility index (Phi) is 5.65. The zero-order chi connectivity index (χ0) is 14.4. The van der Waals surface area contributed by atoms with E-state index in [0.29, 0.717) is 23.9 Å². The lowest BCUT2D eigenvalue weighted by atomic mass is 10.1. The molecule has 0 unspecified atom stereocenters. The Bertz CT molecular complexity index is 432. The molecule has 2 N–H and O–H groups in total. The van der Waals surface area contributed by atoms with Crippen molar-refractivity contribution in [1.29, 1.82) is 0 Å². The van der Waals surface area contributed by atoms with Crippen LogP contribution in [-0.4, -0.2) is 25.0 Å². The Hall–Kier alpha value is -1.29. The van der Waals surface area contributed by atoms with Crippen molar-refractivity contribution in [2.45, 2.75) is 58.4 Å². The molecule has 112 valence electrons. The summed E-state index contributed by atoms with van der Waals surface area (Å²) in [5.41, 5.74) is 0.650. The zero-order valence-corrected chi connectivity index (χ0v) is 12.6. The lowest BCUT2D eigenvalue weighted by molar-refractivity contribution is 0.0952. The van der Waals surface area contributed by atoms with Gasteiger partial charge in [-0.05, 0) is 32.8 Å². The Morgan fingerprint density at radius 3 is 2.50 bits per heavy atom. The Labute approximate surface area is 121 Å². The zero-order valence-electron chi connectivity index (χ0n) is 12.6. The van der Waals surface area contributed by atoms with Gasteiger partial charge < -0.3 is 15.1 Å². The van der Waals surface area contributed by atoms with Crippen LogP contribution < -0.4 is 10.6 Å². The monoisotopic (exact) mass is 278 g/mol. The third-order valence-corrected chi connectivity index (χ3v) is 3.98. The van der Waals surface area contributed by atoms with Crippen molar-refractivity contribution in [2.75, 3.05) is 13.1 Å². The van der Waals surface area contributed by atoms with Gasteiger partial charge in [0.15, 0.2) is 0 Å². The van der Waals surface area contributed by atoms with Crippen LogP contribution in [0.15, 0.2) is 10.5 Å². The maximum atomic E-state index is 12.0. The molecule has 2 rings (SSSR count). The van der Waals surface area contributed by atoms with E-state index >= 15 is 0 Å². The Balaban J connectivity index is 1.67. The molecule has 4 nitrogen and oxygen atoms in total. The molecular weight excluding hydrogens is 252 g/mol. The van der Waals surface area contributed by atoms with Gasteiger partial charge in [0.25, 0.3) is 5.91 Å². The SMILES string of the molecule is Cc1cc(C(=O)NCCNC2CCCCCC2)c(C)o1. The third kappa shape index (κ3) is 4.37. The number of hydrogen-bond acceptors (Lipinski definition) is 3. The normalized spacial score (nSPS) is 16.9. The minimum absolute atomic E-state index is 0.0398. The molecular formula is C16H26N2O2. The summed E-state index contributed by atoms with van der Waals surface area (Å²) in [5, 5.41) is 6.50. The van der Waals surface area contributed by atoms with Crippen molar-refractivity contribution in [3.8, 4) is 0 Å². The summed E-state index contributed by atoms with van der Waals surface area (Å²) in [5.74, 6) is 1.43. The minimum atomic E-state index is -0.0398. The van der Waals surface area contributed by atoms with Crippen LogP contribution in [0, 0.1) is 13.8 Å². The maximum absolute atomic E-state index is 12.0. The van der Waals surface area contributed by atoms with Gasteiger partial charge >= 0.3 is 0 Å². The van der Waals surface area contributed by atoms with Crippen LogP contribution in [0.25, 0.3) is 0 Å². The summed E-state index contributed by atoms with van der Waals surface area (Å²) in [6, 6.07) is 2.43. The van der Waals surface area contributed by atoms with Gasteiger partial charge in [-0.15, -0.1) is 0 Å². The average Bonchev–Trinajstić information content (AvgIpc) is 2.64. The second-order valence-corrected chi connectivity index (χ2v) is 5.73. The summed E-state index contributed by atoms with van der Waals surface area (Å²) in [4.78, 5) is 12.0. The van der Waals surface area contributed by atoms with Gasteiger partial charge in [0, 0.05) is 19.1 Å². The topological polar surface area (TPSA) is 54.3 Å². The molecule has 1 aromatic heterocycles. The highest BCUT2D eigenvalue weighted by Crippen LogP contribution is 2.17. The van der Waals surface area contributed by atoms with Gasteiger partial charge in [-0.2, -0.15) is 0 Å². The molecule has 4 heteroatoms. The summed E-state index contributed by atoms with van der Waals surface area (Å²) in [7, 11) is 0. The van der Waals surface area contributed by atoms with Crippen LogP contribution in [0.5, 0.6) is 0 Å². The number of carbonyl (C=O) groups is 1.